The first-order valence-electron chi connectivity index (χ1n) is 5.38. The van der Waals surface area contributed by atoms with Gasteiger partial charge in [-0.3, -0.25) is 4.79 Å². The van der Waals surface area contributed by atoms with Gasteiger partial charge >= 0.3 is 0 Å². The van der Waals surface area contributed by atoms with Crippen LogP contribution in [0.5, 0.6) is 5.75 Å². The van der Waals surface area contributed by atoms with Gasteiger partial charge in [0.05, 0.1) is 5.56 Å². The molecular weight excluding hydrogens is 224 g/mol. The fourth-order valence-electron chi connectivity index (χ4n) is 1.72. The summed E-state index contributed by atoms with van der Waals surface area (Å²) in [6.07, 6.45) is 0.731. The Kier molecular flexibility index (Phi) is 4.36. The van der Waals surface area contributed by atoms with E-state index in [4.69, 9.17) is 11.6 Å². The van der Waals surface area contributed by atoms with E-state index in [1.54, 1.807) is 6.07 Å². The van der Waals surface area contributed by atoms with Crippen LogP contribution >= 0.6 is 11.6 Å². The Hall–Kier alpha value is -1.02. The summed E-state index contributed by atoms with van der Waals surface area (Å²) in [6.45, 7) is 5.59. The number of aromatic hydroxyl groups is 1. The normalized spacial score (nSPS) is 10.8. The molecular formula is C13H17ClO2. The maximum Gasteiger partial charge on any atom is 0.163 e. The molecule has 0 aliphatic rings. The van der Waals surface area contributed by atoms with E-state index in [-0.39, 0.29) is 11.5 Å². The Labute approximate surface area is 101 Å². The number of carbonyl (C=O) groups is 1. The molecule has 1 aromatic carbocycles. The van der Waals surface area contributed by atoms with Gasteiger partial charge in [-0.25, -0.2) is 0 Å². The predicted octanol–water partition coefficient (Wildman–Crippen LogP) is 3.53. The summed E-state index contributed by atoms with van der Waals surface area (Å²) in [6, 6.07) is 3.46. The van der Waals surface area contributed by atoms with Crippen LogP contribution in [0.4, 0.5) is 0 Å². The number of alkyl halides is 1. The van der Waals surface area contributed by atoms with Gasteiger partial charge < -0.3 is 5.11 Å². The lowest BCUT2D eigenvalue weighted by Crippen LogP contribution is -2.03. The standard InChI is InChI=1S/C13H17ClO2/c1-8(2)6-12-10(7-14)4-5-11(9(3)15)13(12)16/h4-5,8,16H,6-7H2,1-3H3. The zero-order chi connectivity index (χ0) is 12.3. The van der Waals surface area contributed by atoms with Gasteiger partial charge in [0.1, 0.15) is 5.75 Å². The van der Waals surface area contributed by atoms with E-state index >= 15 is 0 Å². The summed E-state index contributed by atoms with van der Waals surface area (Å²) < 4.78 is 0. The monoisotopic (exact) mass is 240 g/mol. The minimum atomic E-state index is -0.122. The molecule has 0 spiro atoms. The molecule has 1 N–H and O–H groups in total. The van der Waals surface area contributed by atoms with Gasteiger partial charge in [0.15, 0.2) is 5.78 Å². The van der Waals surface area contributed by atoms with Crippen molar-refractivity contribution in [3.05, 3.63) is 28.8 Å². The zero-order valence-electron chi connectivity index (χ0n) is 9.88. The Morgan fingerprint density at radius 3 is 2.50 bits per heavy atom. The summed E-state index contributed by atoms with van der Waals surface area (Å²) >= 11 is 5.82. The molecule has 0 saturated heterocycles. The van der Waals surface area contributed by atoms with E-state index in [0.717, 1.165) is 17.5 Å². The molecule has 0 aliphatic carbocycles. The summed E-state index contributed by atoms with van der Waals surface area (Å²) in [7, 11) is 0. The van der Waals surface area contributed by atoms with Crippen molar-refractivity contribution in [2.45, 2.75) is 33.1 Å². The van der Waals surface area contributed by atoms with Crippen LogP contribution in [0.15, 0.2) is 12.1 Å². The van der Waals surface area contributed by atoms with Gasteiger partial charge in [-0.1, -0.05) is 19.9 Å². The van der Waals surface area contributed by atoms with Crippen molar-refractivity contribution in [1.29, 1.82) is 0 Å². The van der Waals surface area contributed by atoms with Gasteiger partial charge in [-0.05, 0) is 36.5 Å². The smallest absolute Gasteiger partial charge is 0.163 e. The number of hydrogen-bond acceptors (Lipinski definition) is 2. The van der Waals surface area contributed by atoms with Crippen LogP contribution in [-0.4, -0.2) is 10.9 Å². The molecule has 1 rings (SSSR count). The zero-order valence-corrected chi connectivity index (χ0v) is 10.6. The largest absolute Gasteiger partial charge is 0.507 e. The van der Waals surface area contributed by atoms with E-state index in [0.29, 0.717) is 17.4 Å². The second-order valence-corrected chi connectivity index (χ2v) is 4.65. The van der Waals surface area contributed by atoms with Crippen LogP contribution in [-0.2, 0) is 12.3 Å². The first kappa shape index (κ1) is 13.0. The number of phenolic OH excluding ortho intramolecular Hbond substituents is 1. The number of rotatable bonds is 4. The number of halogens is 1. The average Bonchev–Trinajstić information content (AvgIpc) is 2.19. The third-order valence-corrected chi connectivity index (χ3v) is 2.80. The summed E-state index contributed by atoms with van der Waals surface area (Å²) in [4.78, 5) is 11.3. The van der Waals surface area contributed by atoms with Gasteiger partial charge in [-0.2, -0.15) is 0 Å². The summed E-state index contributed by atoms with van der Waals surface area (Å²) in [5.74, 6) is 0.742. The lowest BCUT2D eigenvalue weighted by Gasteiger charge is -2.14. The highest BCUT2D eigenvalue weighted by molar-refractivity contribution is 6.17. The lowest BCUT2D eigenvalue weighted by atomic mass is 9.94. The van der Waals surface area contributed by atoms with Crippen LogP contribution in [0.2, 0.25) is 0 Å². The molecule has 0 aromatic heterocycles. The number of carbonyl (C=O) groups excluding carboxylic acids is 1. The number of Topliss-reactive ketones (excluding diaryl/α,β-unsaturated/α-hetero) is 1. The topological polar surface area (TPSA) is 37.3 Å². The van der Waals surface area contributed by atoms with E-state index in [9.17, 15) is 9.90 Å². The van der Waals surface area contributed by atoms with Crippen LogP contribution in [0.1, 0.15) is 42.3 Å². The lowest BCUT2D eigenvalue weighted by molar-refractivity contribution is 0.101. The second kappa shape index (κ2) is 5.35. The predicted molar refractivity (Wildman–Crippen MR) is 66.2 cm³/mol. The molecule has 88 valence electrons. The molecule has 16 heavy (non-hydrogen) atoms. The van der Waals surface area contributed by atoms with Crippen molar-refractivity contribution >= 4 is 17.4 Å². The second-order valence-electron chi connectivity index (χ2n) is 4.39. The molecule has 0 bridgehead atoms. The van der Waals surface area contributed by atoms with Crippen molar-refractivity contribution in [3.63, 3.8) is 0 Å². The molecule has 3 heteroatoms. The maximum absolute atomic E-state index is 11.3. The minimum Gasteiger partial charge on any atom is -0.507 e. The van der Waals surface area contributed by atoms with Gasteiger partial charge in [-0.15, -0.1) is 11.6 Å². The molecule has 0 saturated carbocycles. The van der Waals surface area contributed by atoms with Gasteiger partial charge in [0.2, 0.25) is 0 Å². The Balaban J connectivity index is 3.28. The molecule has 0 heterocycles. The first-order chi connectivity index (χ1) is 7.47. The fourth-order valence-corrected chi connectivity index (χ4v) is 1.97. The highest BCUT2D eigenvalue weighted by atomic mass is 35.5. The van der Waals surface area contributed by atoms with Crippen molar-refractivity contribution in [1.82, 2.24) is 0 Å². The molecule has 0 fully saturated rings. The van der Waals surface area contributed by atoms with E-state index in [2.05, 4.69) is 13.8 Å². The van der Waals surface area contributed by atoms with Crippen LogP contribution in [0.25, 0.3) is 0 Å². The Morgan fingerprint density at radius 2 is 2.06 bits per heavy atom. The van der Waals surface area contributed by atoms with Crippen molar-refractivity contribution in [2.24, 2.45) is 5.92 Å². The van der Waals surface area contributed by atoms with Crippen LogP contribution in [0.3, 0.4) is 0 Å². The highest BCUT2D eigenvalue weighted by Gasteiger charge is 2.15. The third-order valence-electron chi connectivity index (χ3n) is 2.52. The summed E-state index contributed by atoms with van der Waals surface area (Å²) in [5.41, 5.74) is 2.08. The Morgan fingerprint density at radius 1 is 1.44 bits per heavy atom. The van der Waals surface area contributed by atoms with Crippen molar-refractivity contribution < 1.29 is 9.90 Å². The first-order valence-corrected chi connectivity index (χ1v) is 5.91. The van der Waals surface area contributed by atoms with E-state index in [1.807, 2.05) is 6.07 Å². The number of benzene rings is 1. The molecule has 0 aliphatic heterocycles. The molecule has 1 aromatic rings. The summed E-state index contributed by atoms with van der Waals surface area (Å²) in [5, 5.41) is 10.0. The molecule has 0 radical (unpaired) electrons. The third kappa shape index (κ3) is 2.76. The van der Waals surface area contributed by atoms with Gasteiger partial charge in [0.25, 0.3) is 0 Å². The highest BCUT2D eigenvalue weighted by Crippen LogP contribution is 2.29. The van der Waals surface area contributed by atoms with Crippen LogP contribution < -0.4 is 0 Å². The fraction of sp³-hybridized carbons (Fsp3) is 0.462. The SMILES string of the molecule is CC(=O)c1ccc(CCl)c(CC(C)C)c1O. The Bertz CT molecular complexity index is 397. The average molecular weight is 241 g/mol. The maximum atomic E-state index is 11.3. The van der Waals surface area contributed by atoms with E-state index in [1.165, 1.54) is 6.92 Å². The van der Waals surface area contributed by atoms with E-state index < -0.39 is 0 Å². The number of phenols is 1. The molecule has 0 amide bonds. The minimum absolute atomic E-state index is 0.0966. The molecule has 0 unspecified atom stereocenters. The van der Waals surface area contributed by atoms with Crippen molar-refractivity contribution in [3.8, 4) is 5.75 Å². The van der Waals surface area contributed by atoms with Crippen molar-refractivity contribution in [2.75, 3.05) is 0 Å². The molecule has 0 atom stereocenters. The van der Waals surface area contributed by atoms with Crippen LogP contribution in [0, 0.1) is 5.92 Å². The molecule has 2 nitrogen and oxygen atoms in total. The quantitative estimate of drug-likeness (QED) is 0.646. The van der Waals surface area contributed by atoms with Gasteiger partial charge in [0, 0.05) is 5.88 Å². The number of ketones is 1. The number of hydrogen-bond donors (Lipinski definition) is 1.